The Kier molecular flexibility index (Phi) is 9.02. The van der Waals surface area contributed by atoms with Crippen molar-refractivity contribution in [3.05, 3.63) is 47.0 Å². The number of carboxylic acid groups (broad SMARTS) is 2. The number of hydrogen-bond donors (Lipinski definition) is 3. The van der Waals surface area contributed by atoms with E-state index in [2.05, 4.69) is 56.1 Å². The third-order valence-electron chi connectivity index (χ3n) is 4.60. The van der Waals surface area contributed by atoms with Crippen molar-refractivity contribution in [2.45, 2.75) is 52.7 Å². The van der Waals surface area contributed by atoms with E-state index in [1.807, 2.05) is 0 Å². The van der Waals surface area contributed by atoms with Crippen LogP contribution in [0, 0.1) is 13.8 Å². The second-order valence-corrected chi connectivity index (χ2v) is 6.78. The first-order chi connectivity index (χ1) is 12.2. The fraction of sp³-hybridized carbons (Fsp3) is 0.500. The summed E-state index contributed by atoms with van der Waals surface area (Å²) in [6.07, 6.45) is 2.40. The molecule has 1 aromatic carbocycles. The average Bonchev–Trinajstić information content (AvgIpc) is 3.08. The van der Waals surface area contributed by atoms with Crippen molar-refractivity contribution in [2.24, 2.45) is 0 Å². The van der Waals surface area contributed by atoms with Gasteiger partial charge in [0.15, 0.2) is 0 Å². The lowest BCUT2D eigenvalue weighted by atomic mass is 10.0. The van der Waals surface area contributed by atoms with Crippen LogP contribution in [0.15, 0.2) is 30.4 Å². The highest BCUT2D eigenvalue weighted by Gasteiger charge is 2.24. The predicted octanol–water partition coefficient (Wildman–Crippen LogP) is 2.59. The first-order valence-electron chi connectivity index (χ1n) is 8.87. The average molecular weight is 362 g/mol. The number of nitrogens with one attached hydrogen (secondary N) is 1. The van der Waals surface area contributed by atoms with Gasteiger partial charge in [-0.2, -0.15) is 0 Å². The molecule has 26 heavy (non-hydrogen) atoms. The smallest absolute Gasteiger partial charge is 0.328 e. The third kappa shape index (κ3) is 7.37. The van der Waals surface area contributed by atoms with E-state index in [4.69, 9.17) is 10.2 Å². The molecule has 1 heterocycles. The minimum Gasteiger partial charge on any atom is -0.478 e. The van der Waals surface area contributed by atoms with Gasteiger partial charge in [0.25, 0.3) is 0 Å². The van der Waals surface area contributed by atoms with E-state index < -0.39 is 11.9 Å². The Hall–Kier alpha value is -2.18. The third-order valence-corrected chi connectivity index (χ3v) is 4.60. The number of carbonyl (C=O) groups is 2. The van der Waals surface area contributed by atoms with Crippen molar-refractivity contribution in [3.63, 3.8) is 0 Å². The number of hydrogen-bond acceptors (Lipinski definition) is 4. The highest BCUT2D eigenvalue weighted by atomic mass is 16.4. The van der Waals surface area contributed by atoms with Gasteiger partial charge >= 0.3 is 11.9 Å². The van der Waals surface area contributed by atoms with Crippen molar-refractivity contribution < 1.29 is 19.8 Å². The zero-order chi connectivity index (χ0) is 19.7. The molecule has 1 saturated heterocycles. The Balaban J connectivity index is 0.000000359. The van der Waals surface area contributed by atoms with Crippen LogP contribution in [-0.4, -0.2) is 52.2 Å². The number of aryl methyl sites for hydroxylation is 1. The van der Waals surface area contributed by atoms with Crippen LogP contribution in [0.25, 0.3) is 0 Å². The van der Waals surface area contributed by atoms with E-state index >= 15 is 0 Å². The summed E-state index contributed by atoms with van der Waals surface area (Å²) in [7, 11) is 0. The Bertz CT molecular complexity index is 619. The fourth-order valence-electron chi connectivity index (χ4n) is 2.98. The van der Waals surface area contributed by atoms with Gasteiger partial charge in [0.2, 0.25) is 0 Å². The molecular weight excluding hydrogens is 332 g/mol. The molecule has 1 atom stereocenters. The lowest BCUT2D eigenvalue weighted by Gasteiger charge is -2.32. The lowest BCUT2D eigenvalue weighted by Crippen LogP contribution is -2.41. The molecule has 0 spiro atoms. The summed E-state index contributed by atoms with van der Waals surface area (Å²) in [5.41, 5.74) is 4.34. The summed E-state index contributed by atoms with van der Waals surface area (Å²) in [6, 6.07) is 7.97. The monoisotopic (exact) mass is 362 g/mol. The van der Waals surface area contributed by atoms with Crippen LogP contribution in [-0.2, 0) is 16.1 Å². The molecule has 2 rings (SSSR count). The lowest BCUT2D eigenvalue weighted by molar-refractivity contribution is -0.134. The van der Waals surface area contributed by atoms with Crippen LogP contribution in [0.4, 0.5) is 0 Å². The van der Waals surface area contributed by atoms with Crippen molar-refractivity contribution in [3.8, 4) is 0 Å². The minimum atomic E-state index is -1.26. The standard InChI is InChI=1S/C16H26N2.C4H4O4/c1-12(2)18(16-8-9-17-10-16)11-15-7-5-6-13(3)14(15)4;5-3(6)1-2-4(7)8/h5-7,12,16-17H,8-11H2,1-4H3;1-2H,(H,5,6)(H,7,8)/t16-;/m0./s1. The summed E-state index contributed by atoms with van der Waals surface area (Å²) < 4.78 is 0. The van der Waals surface area contributed by atoms with E-state index in [1.54, 1.807) is 0 Å². The molecule has 6 heteroatoms. The molecule has 0 bridgehead atoms. The molecular formula is C20H30N2O4. The van der Waals surface area contributed by atoms with E-state index in [1.165, 1.54) is 29.7 Å². The van der Waals surface area contributed by atoms with Gasteiger partial charge in [0.05, 0.1) is 0 Å². The Morgan fingerprint density at radius 3 is 2.31 bits per heavy atom. The minimum absolute atomic E-state index is 0.558. The Morgan fingerprint density at radius 1 is 1.23 bits per heavy atom. The van der Waals surface area contributed by atoms with Crippen molar-refractivity contribution in [1.82, 2.24) is 10.2 Å². The fourth-order valence-corrected chi connectivity index (χ4v) is 2.98. The molecule has 1 aliphatic rings. The summed E-state index contributed by atoms with van der Waals surface area (Å²) in [4.78, 5) is 21.7. The van der Waals surface area contributed by atoms with Crippen LogP contribution in [0.2, 0.25) is 0 Å². The van der Waals surface area contributed by atoms with Gasteiger partial charge in [0.1, 0.15) is 0 Å². The number of carboxylic acids is 2. The molecule has 0 unspecified atom stereocenters. The van der Waals surface area contributed by atoms with Crippen molar-refractivity contribution >= 4 is 11.9 Å². The quantitative estimate of drug-likeness (QED) is 0.674. The molecule has 0 radical (unpaired) electrons. The van der Waals surface area contributed by atoms with Crippen LogP contribution in [0.5, 0.6) is 0 Å². The van der Waals surface area contributed by atoms with E-state index in [9.17, 15) is 9.59 Å². The molecule has 0 aromatic heterocycles. The Morgan fingerprint density at radius 2 is 1.85 bits per heavy atom. The summed E-state index contributed by atoms with van der Waals surface area (Å²) in [5.74, 6) is -2.51. The molecule has 6 nitrogen and oxygen atoms in total. The van der Waals surface area contributed by atoms with Crippen molar-refractivity contribution in [1.29, 1.82) is 0 Å². The van der Waals surface area contributed by atoms with Crippen LogP contribution in [0.3, 0.4) is 0 Å². The number of nitrogens with zero attached hydrogens (tertiary/aromatic N) is 1. The normalized spacial score (nSPS) is 16.8. The predicted molar refractivity (Wildman–Crippen MR) is 102 cm³/mol. The van der Waals surface area contributed by atoms with Gasteiger partial charge in [-0.1, -0.05) is 18.2 Å². The van der Waals surface area contributed by atoms with Gasteiger partial charge < -0.3 is 15.5 Å². The van der Waals surface area contributed by atoms with Gasteiger partial charge in [-0.15, -0.1) is 0 Å². The Labute approximate surface area is 155 Å². The number of benzene rings is 1. The maximum atomic E-state index is 9.55. The molecule has 0 amide bonds. The van der Waals surface area contributed by atoms with Gasteiger partial charge in [-0.25, -0.2) is 9.59 Å². The molecule has 1 aliphatic heterocycles. The zero-order valence-corrected chi connectivity index (χ0v) is 16.0. The summed E-state index contributed by atoms with van der Waals surface area (Å²) in [5, 5.41) is 19.1. The van der Waals surface area contributed by atoms with Crippen LogP contribution < -0.4 is 5.32 Å². The first-order valence-corrected chi connectivity index (χ1v) is 8.87. The van der Waals surface area contributed by atoms with E-state index in [0.29, 0.717) is 24.2 Å². The topological polar surface area (TPSA) is 89.9 Å². The highest BCUT2D eigenvalue weighted by molar-refractivity contribution is 5.89. The molecule has 3 N–H and O–H groups in total. The molecule has 144 valence electrons. The molecule has 1 fully saturated rings. The van der Waals surface area contributed by atoms with E-state index in [0.717, 1.165) is 13.1 Å². The zero-order valence-electron chi connectivity index (χ0n) is 16.0. The first kappa shape index (κ1) is 21.9. The molecule has 0 aliphatic carbocycles. The second-order valence-electron chi connectivity index (χ2n) is 6.78. The van der Waals surface area contributed by atoms with Gasteiger partial charge in [-0.05, 0) is 57.4 Å². The summed E-state index contributed by atoms with van der Waals surface area (Å²) in [6.45, 7) is 12.5. The van der Waals surface area contributed by atoms with Gasteiger partial charge in [0, 0.05) is 37.3 Å². The SMILES string of the molecule is Cc1cccc(CN(C(C)C)[C@H]2CCNC2)c1C.O=C(O)C=CC(=O)O. The largest absolute Gasteiger partial charge is 0.478 e. The van der Waals surface area contributed by atoms with Crippen LogP contribution >= 0.6 is 0 Å². The maximum absolute atomic E-state index is 9.55. The highest BCUT2D eigenvalue weighted by Crippen LogP contribution is 2.20. The maximum Gasteiger partial charge on any atom is 0.328 e. The molecule has 1 aromatic rings. The van der Waals surface area contributed by atoms with Gasteiger partial charge in [-0.3, -0.25) is 4.90 Å². The second kappa shape index (κ2) is 10.7. The number of aliphatic carboxylic acids is 2. The number of rotatable bonds is 6. The van der Waals surface area contributed by atoms with Crippen LogP contribution in [0.1, 0.15) is 37.0 Å². The molecule has 0 saturated carbocycles. The summed E-state index contributed by atoms with van der Waals surface area (Å²) >= 11 is 0. The van der Waals surface area contributed by atoms with E-state index in [-0.39, 0.29) is 0 Å². The van der Waals surface area contributed by atoms with Crippen molar-refractivity contribution in [2.75, 3.05) is 13.1 Å².